The molecule has 0 aliphatic carbocycles. The molecule has 6 heteroatoms. The van der Waals surface area contributed by atoms with Crippen molar-refractivity contribution in [3.8, 4) is 0 Å². The molecular weight excluding hydrogens is 451 g/mol. The van der Waals surface area contributed by atoms with Crippen molar-refractivity contribution >= 4 is 32.7 Å². The standard InChI is InChI=1S/C19H31IO4S/c1-15(2)7-4-5-9-19(18(21)8-6-14-20)24-25(22,23)17-12-10-16(3)11-13-17/h10-13,15,18-19,21H,4-9,14H2,1-3H3/t18-,19-/m0/s1. The van der Waals surface area contributed by atoms with Crippen LogP contribution in [0.15, 0.2) is 29.2 Å². The van der Waals surface area contributed by atoms with Gasteiger partial charge in [-0.25, -0.2) is 0 Å². The number of hydrogen-bond donors (Lipinski definition) is 1. The molecule has 0 saturated carbocycles. The first-order valence-electron chi connectivity index (χ1n) is 9.00. The quantitative estimate of drug-likeness (QED) is 0.200. The summed E-state index contributed by atoms with van der Waals surface area (Å²) in [6.45, 7) is 6.25. The molecule has 0 radical (unpaired) electrons. The summed E-state index contributed by atoms with van der Waals surface area (Å²) in [7, 11) is -3.86. The van der Waals surface area contributed by atoms with Gasteiger partial charge < -0.3 is 5.11 Å². The van der Waals surface area contributed by atoms with Crippen LogP contribution >= 0.6 is 22.6 Å². The summed E-state index contributed by atoms with van der Waals surface area (Å²) in [6.07, 6.45) is 3.49. The summed E-state index contributed by atoms with van der Waals surface area (Å²) < 4.78 is 31.5. The maximum Gasteiger partial charge on any atom is 0.297 e. The van der Waals surface area contributed by atoms with Crippen LogP contribution in [0.25, 0.3) is 0 Å². The van der Waals surface area contributed by atoms with E-state index in [-0.39, 0.29) is 4.90 Å². The lowest BCUT2D eigenvalue weighted by molar-refractivity contribution is 0.0282. The van der Waals surface area contributed by atoms with Crippen LogP contribution in [0.2, 0.25) is 0 Å². The summed E-state index contributed by atoms with van der Waals surface area (Å²) in [5.41, 5.74) is 0.992. The average molecular weight is 482 g/mol. The number of benzene rings is 1. The number of aliphatic hydroxyl groups excluding tert-OH is 1. The monoisotopic (exact) mass is 482 g/mol. The Labute approximate surface area is 166 Å². The van der Waals surface area contributed by atoms with Crippen molar-refractivity contribution in [3.63, 3.8) is 0 Å². The largest absolute Gasteiger partial charge is 0.390 e. The molecule has 2 atom stereocenters. The highest BCUT2D eigenvalue weighted by atomic mass is 127. The van der Waals surface area contributed by atoms with Gasteiger partial charge in [-0.2, -0.15) is 8.42 Å². The fourth-order valence-electron chi connectivity index (χ4n) is 2.60. The zero-order chi connectivity index (χ0) is 18.9. The lowest BCUT2D eigenvalue weighted by Gasteiger charge is -2.23. The lowest BCUT2D eigenvalue weighted by Crippen LogP contribution is -2.31. The number of aliphatic hydroxyl groups is 1. The van der Waals surface area contributed by atoms with E-state index in [4.69, 9.17) is 4.18 Å². The normalized spacial score (nSPS) is 14.6. The number of unbranched alkanes of at least 4 members (excludes halogenated alkanes) is 1. The molecule has 1 aromatic carbocycles. The molecule has 0 heterocycles. The first-order chi connectivity index (χ1) is 11.8. The molecule has 0 aliphatic rings. The SMILES string of the molecule is Cc1ccc(S(=O)(=O)O[C@@H](CCCCC(C)C)[C@@H](O)CCCI)cc1. The van der Waals surface area contributed by atoms with Crippen molar-refractivity contribution in [2.75, 3.05) is 4.43 Å². The van der Waals surface area contributed by atoms with E-state index in [1.165, 1.54) is 0 Å². The van der Waals surface area contributed by atoms with Crippen molar-refractivity contribution in [1.82, 2.24) is 0 Å². The zero-order valence-electron chi connectivity index (χ0n) is 15.4. The fraction of sp³-hybridized carbons (Fsp3) is 0.684. The molecule has 0 spiro atoms. The van der Waals surface area contributed by atoms with Crippen LogP contribution in [0.5, 0.6) is 0 Å². The van der Waals surface area contributed by atoms with E-state index >= 15 is 0 Å². The van der Waals surface area contributed by atoms with Gasteiger partial charge in [-0.3, -0.25) is 4.18 Å². The van der Waals surface area contributed by atoms with Crippen LogP contribution < -0.4 is 0 Å². The fourth-order valence-corrected chi connectivity index (χ4v) is 4.17. The van der Waals surface area contributed by atoms with Gasteiger partial charge in [0.25, 0.3) is 10.1 Å². The molecule has 0 saturated heterocycles. The molecular formula is C19H31IO4S. The van der Waals surface area contributed by atoms with Gasteiger partial charge in [0, 0.05) is 0 Å². The first-order valence-corrected chi connectivity index (χ1v) is 11.9. The molecule has 0 amide bonds. The Bertz CT molecular complexity index is 584. The van der Waals surface area contributed by atoms with E-state index < -0.39 is 22.3 Å². The summed E-state index contributed by atoms with van der Waals surface area (Å²) in [6, 6.07) is 6.61. The summed E-state index contributed by atoms with van der Waals surface area (Å²) in [5.74, 6) is 0.625. The van der Waals surface area contributed by atoms with Gasteiger partial charge >= 0.3 is 0 Å². The number of aryl methyl sites for hydroxylation is 1. The minimum absolute atomic E-state index is 0.145. The van der Waals surface area contributed by atoms with E-state index in [1.807, 2.05) is 6.92 Å². The second kappa shape index (κ2) is 11.5. The second-order valence-corrected chi connectivity index (χ2v) is 9.63. The van der Waals surface area contributed by atoms with E-state index in [0.29, 0.717) is 18.8 Å². The molecule has 0 fully saturated rings. The number of alkyl halides is 1. The van der Waals surface area contributed by atoms with Crippen molar-refractivity contribution in [1.29, 1.82) is 0 Å². The van der Waals surface area contributed by atoms with Gasteiger partial charge in [0.1, 0.15) is 6.10 Å². The third-order valence-corrected chi connectivity index (χ3v) is 6.26. The van der Waals surface area contributed by atoms with Gasteiger partial charge in [-0.1, -0.05) is 73.4 Å². The molecule has 1 aromatic rings. The van der Waals surface area contributed by atoms with Crippen LogP contribution in [0, 0.1) is 12.8 Å². The molecule has 0 aromatic heterocycles. The molecule has 4 nitrogen and oxygen atoms in total. The van der Waals surface area contributed by atoms with Crippen LogP contribution in [0.3, 0.4) is 0 Å². The second-order valence-electron chi connectivity index (χ2n) is 6.98. The highest BCUT2D eigenvalue weighted by Gasteiger charge is 2.27. The average Bonchev–Trinajstić information content (AvgIpc) is 2.55. The van der Waals surface area contributed by atoms with Crippen LogP contribution in [-0.2, 0) is 14.3 Å². The van der Waals surface area contributed by atoms with Gasteiger partial charge in [0.15, 0.2) is 0 Å². The Morgan fingerprint density at radius 1 is 1.04 bits per heavy atom. The minimum atomic E-state index is -3.86. The van der Waals surface area contributed by atoms with Crippen molar-refractivity contribution < 1.29 is 17.7 Å². The van der Waals surface area contributed by atoms with Gasteiger partial charge in [0.2, 0.25) is 0 Å². The number of halogens is 1. The Kier molecular flexibility index (Phi) is 10.5. The minimum Gasteiger partial charge on any atom is -0.390 e. The van der Waals surface area contributed by atoms with Crippen molar-refractivity contribution in [3.05, 3.63) is 29.8 Å². The Morgan fingerprint density at radius 3 is 2.20 bits per heavy atom. The van der Waals surface area contributed by atoms with Crippen LogP contribution in [-0.4, -0.2) is 30.2 Å². The summed E-state index contributed by atoms with van der Waals surface area (Å²) in [5, 5.41) is 10.4. The molecule has 144 valence electrons. The molecule has 0 unspecified atom stereocenters. The Morgan fingerprint density at radius 2 is 1.64 bits per heavy atom. The Hall–Kier alpha value is -0.180. The summed E-state index contributed by atoms with van der Waals surface area (Å²) >= 11 is 2.26. The highest BCUT2D eigenvalue weighted by Crippen LogP contribution is 2.22. The molecule has 0 bridgehead atoms. The summed E-state index contributed by atoms with van der Waals surface area (Å²) in [4.78, 5) is 0.145. The molecule has 0 aliphatic heterocycles. The van der Waals surface area contributed by atoms with E-state index in [1.54, 1.807) is 24.3 Å². The van der Waals surface area contributed by atoms with Crippen molar-refractivity contribution in [2.24, 2.45) is 5.92 Å². The van der Waals surface area contributed by atoms with Gasteiger partial charge in [0.05, 0.1) is 11.0 Å². The molecule has 25 heavy (non-hydrogen) atoms. The van der Waals surface area contributed by atoms with E-state index in [2.05, 4.69) is 36.4 Å². The zero-order valence-corrected chi connectivity index (χ0v) is 18.4. The smallest absolute Gasteiger partial charge is 0.297 e. The van der Waals surface area contributed by atoms with E-state index in [9.17, 15) is 13.5 Å². The number of hydrogen-bond acceptors (Lipinski definition) is 4. The molecule has 1 N–H and O–H groups in total. The third-order valence-electron chi connectivity index (χ3n) is 4.14. The lowest BCUT2D eigenvalue weighted by atomic mass is 10.00. The topological polar surface area (TPSA) is 63.6 Å². The predicted octanol–water partition coefficient (Wildman–Crippen LogP) is 4.86. The van der Waals surface area contributed by atoms with Gasteiger partial charge in [-0.05, 0) is 48.7 Å². The van der Waals surface area contributed by atoms with Crippen molar-refractivity contribution in [2.45, 2.75) is 76.4 Å². The predicted molar refractivity (Wildman–Crippen MR) is 111 cm³/mol. The van der Waals surface area contributed by atoms with Crippen LogP contribution in [0.1, 0.15) is 57.9 Å². The van der Waals surface area contributed by atoms with Crippen LogP contribution in [0.4, 0.5) is 0 Å². The molecule has 1 rings (SSSR count). The van der Waals surface area contributed by atoms with E-state index in [0.717, 1.165) is 35.7 Å². The Balaban J connectivity index is 2.77. The number of rotatable bonds is 12. The third kappa shape index (κ3) is 8.84. The highest BCUT2D eigenvalue weighted by molar-refractivity contribution is 14.1. The maximum absolute atomic E-state index is 12.5. The first kappa shape index (κ1) is 22.9. The maximum atomic E-state index is 12.5. The van der Waals surface area contributed by atoms with Gasteiger partial charge in [-0.15, -0.1) is 0 Å².